The fourth-order valence-electron chi connectivity index (χ4n) is 3.53. The molecule has 2 aliphatic heterocycles. The smallest absolute Gasteiger partial charge is 0.314 e. The molecule has 3 rings (SSSR count). The lowest BCUT2D eigenvalue weighted by Gasteiger charge is -2.20. The zero-order valence-corrected chi connectivity index (χ0v) is 16.3. The van der Waals surface area contributed by atoms with Gasteiger partial charge in [0.05, 0.1) is 25.2 Å². The van der Waals surface area contributed by atoms with Gasteiger partial charge >= 0.3 is 6.03 Å². The molecule has 0 aromatic carbocycles. The second-order valence-electron chi connectivity index (χ2n) is 7.23. The molecule has 0 saturated carbocycles. The van der Waals surface area contributed by atoms with Crippen molar-refractivity contribution < 1.29 is 24.2 Å². The third-order valence-electron chi connectivity index (χ3n) is 5.06. The zero-order chi connectivity index (χ0) is 20.1. The molecule has 0 unspecified atom stereocenters. The molecular weight excluding hydrogens is 366 g/mol. The van der Waals surface area contributed by atoms with Crippen LogP contribution in [0.4, 0.5) is 4.79 Å². The maximum absolute atomic E-state index is 12.1. The molecule has 156 valence electrons. The number of carbonyl (C=O) groups is 2. The lowest BCUT2D eigenvalue weighted by Crippen LogP contribution is -2.44. The Morgan fingerprint density at radius 3 is 2.82 bits per heavy atom. The van der Waals surface area contributed by atoms with Crippen LogP contribution in [-0.4, -0.2) is 70.2 Å². The normalized spacial score (nSPS) is 28.8. The summed E-state index contributed by atoms with van der Waals surface area (Å²) in [5.41, 5.74) is 0. The van der Waals surface area contributed by atoms with Crippen LogP contribution in [0.5, 0.6) is 0 Å². The number of aliphatic hydroxyl groups excluding tert-OH is 1. The first-order valence-corrected chi connectivity index (χ1v) is 9.71. The fraction of sp³-hybridized carbons (Fsp3) is 0.722. The Morgan fingerprint density at radius 1 is 1.32 bits per heavy atom. The van der Waals surface area contributed by atoms with Gasteiger partial charge < -0.3 is 35.1 Å². The Balaban J connectivity index is 1.38. The quantitative estimate of drug-likeness (QED) is 0.467. The van der Waals surface area contributed by atoms with Crippen molar-refractivity contribution in [2.45, 2.75) is 63.3 Å². The van der Waals surface area contributed by atoms with Crippen LogP contribution in [0.15, 0.2) is 12.4 Å². The number of nitrogens with zero attached hydrogens (tertiary/aromatic N) is 2. The lowest BCUT2D eigenvalue weighted by molar-refractivity contribution is -0.125. The van der Waals surface area contributed by atoms with Gasteiger partial charge in [0, 0.05) is 39.0 Å². The monoisotopic (exact) mass is 395 g/mol. The first kappa shape index (κ1) is 20.6. The first-order valence-electron chi connectivity index (χ1n) is 9.71. The highest BCUT2D eigenvalue weighted by molar-refractivity contribution is 5.76. The molecule has 0 spiro atoms. The van der Waals surface area contributed by atoms with Crippen molar-refractivity contribution in [3.05, 3.63) is 18.2 Å². The minimum absolute atomic E-state index is 0.131. The van der Waals surface area contributed by atoms with Crippen LogP contribution >= 0.6 is 0 Å². The van der Waals surface area contributed by atoms with Gasteiger partial charge in [0.15, 0.2) is 0 Å². The van der Waals surface area contributed by atoms with Gasteiger partial charge in [-0.25, -0.2) is 9.78 Å². The summed E-state index contributed by atoms with van der Waals surface area (Å²) in [5.74, 6) is 0.642. The number of imidazole rings is 1. The van der Waals surface area contributed by atoms with E-state index in [9.17, 15) is 14.7 Å². The van der Waals surface area contributed by atoms with Gasteiger partial charge in [0.25, 0.3) is 0 Å². The van der Waals surface area contributed by atoms with Crippen molar-refractivity contribution in [2.24, 2.45) is 7.05 Å². The molecule has 4 N–H and O–H groups in total. The summed E-state index contributed by atoms with van der Waals surface area (Å²) in [6.07, 6.45) is 2.70. The number of amides is 3. The van der Waals surface area contributed by atoms with Crippen molar-refractivity contribution >= 4 is 11.9 Å². The lowest BCUT2D eigenvalue weighted by atomic mass is 10.1. The molecule has 0 aliphatic carbocycles. The number of aryl methyl sites for hydroxylation is 1. The van der Waals surface area contributed by atoms with Crippen LogP contribution in [0, 0.1) is 0 Å². The molecule has 1 aromatic heterocycles. The molecule has 5 atom stereocenters. The summed E-state index contributed by atoms with van der Waals surface area (Å²) >= 11 is 0. The Labute approximate surface area is 164 Å². The Kier molecular flexibility index (Phi) is 6.87. The SMILES string of the molecule is CCCNC(=O)NC[C@H]1O[C@@H]2C[C@@H](CC(=O)NCc3nccn3C)O[C@@H]2[C@@H]1O. The number of carbonyl (C=O) groups excluding carboxylic acids is 2. The number of urea groups is 1. The van der Waals surface area contributed by atoms with Crippen molar-refractivity contribution in [3.8, 4) is 0 Å². The maximum atomic E-state index is 12.1. The third kappa shape index (κ3) is 5.00. The summed E-state index contributed by atoms with van der Waals surface area (Å²) in [4.78, 5) is 27.9. The second kappa shape index (κ2) is 9.35. The molecule has 2 fully saturated rings. The molecule has 2 saturated heterocycles. The van der Waals surface area contributed by atoms with Gasteiger partial charge in [-0.3, -0.25) is 4.79 Å². The Morgan fingerprint density at radius 2 is 2.14 bits per heavy atom. The van der Waals surface area contributed by atoms with Gasteiger partial charge in [0.2, 0.25) is 5.91 Å². The minimum Gasteiger partial charge on any atom is -0.388 e. The maximum Gasteiger partial charge on any atom is 0.314 e. The Bertz CT molecular complexity index is 681. The molecule has 1 aromatic rings. The van der Waals surface area contributed by atoms with Crippen LogP contribution in [-0.2, 0) is 27.9 Å². The minimum atomic E-state index is -0.836. The molecule has 0 bridgehead atoms. The summed E-state index contributed by atoms with van der Waals surface area (Å²) in [7, 11) is 1.87. The third-order valence-corrected chi connectivity index (χ3v) is 5.06. The van der Waals surface area contributed by atoms with E-state index in [0.29, 0.717) is 19.5 Å². The van der Waals surface area contributed by atoms with Crippen molar-refractivity contribution in [2.75, 3.05) is 13.1 Å². The number of hydrogen-bond donors (Lipinski definition) is 4. The summed E-state index contributed by atoms with van der Waals surface area (Å²) in [5, 5.41) is 18.7. The highest BCUT2D eigenvalue weighted by Crippen LogP contribution is 2.35. The van der Waals surface area contributed by atoms with Crippen LogP contribution < -0.4 is 16.0 Å². The van der Waals surface area contributed by atoms with Crippen LogP contribution in [0.2, 0.25) is 0 Å². The van der Waals surface area contributed by atoms with Gasteiger partial charge in [-0.2, -0.15) is 0 Å². The number of hydrogen-bond acceptors (Lipinski definition) is 6. The largest absolute Gasteiger partial charge is 0.388 e. The van der Waals surface area contributed by atoms with Gasteiger partial charge in [-0.1, -0.05) is 6.92 Å². The molecule has 28 heavy (non-hydrogen) atoms. The standard InChI is InChI=1S/C18H29N5O5/c1-3-4-20-18(26)22-9-13-16(25)17-12(28-13)7-11(27-17)8-15(24)21-10-14-19-5-6-23(14)2/h5-6,11-13,16-17,25H,3-4,7-10H2,1-2H3,(H,21,24)(H2,20,22,26)/t11-,12+,13+,16+,17-/m0/s1. The van der Waals surface area contributed by atoms with E-state index < -0.39 is 18.3 Å². The van der Waals surface area contributed by atoms with E-state index in [1.165, 1.54) is 0 Å². The number of fused-ring (bicyclic) bond motifs is 1. The van der Waals surface area contributed by atoms with E-state index in [2.05, 4.69) is 20.9 Å². The van der Waals surface area contributed by atoms with E-state index in [4.69, 9.17) is 9.47 Å². The van der Waals surface area contributed by atoms with Crippen LogP contribution in [0.3, 0.4) is 0 Å². The number of aliphatic hydroxyl groups is 1. The predicted octanol–water partition coefficient (Wildman–Crippen LogP) is -0.579. The van der Waals surface area contributed by atoms with E-state index >= 15 is 0 Å². The van der Waals surface area contributed by atoms with Gasteiger partial charge in [0.1, 0.15) is 24.1 Å². The van der Waals surface area contributed by atoms with Crippen molar-refractivity contribution in [1.82, 2.24) is 25.5 Å². The molecular formula is C18H29N5O5. The van der Waals surface area contributed by atoms with E-state index in [0.717, 1.165) is 12.2 Å². The Hall–Kier alpha value is -2.17. The topological polar surface area (TPSA) is 127 Å². The average Bonchev–Trinajstić information content (AvgIpc) is 3.33. The number of aromatic nitrogens is 2. The van der Waals surface area contributed by atoms with Crippen LogP contribution in [0.25, 0.3) is 0 Å². The van der Waals surface area contributed by atoms with E-state index in [1.807, 2.05) is 24.7 Å². The average molecular weight is 395 g/mol. The number of ether oxygens (including phenoxy) is 2. The molecule has 2 aliphatic rings. The van der Waals surface area contributed by atoms with Crippen LogP contribution in [0.1, 0.15) is 32.0 Å². The summed E-state index contributed by atoms with van der Waals surface area (Å²) in [6, 6.07) is -0.280. The summed E-state index contributed by atoms with van der Waals surface area (Å²) < 4.78 is 13.5. The zero-order valence-electron chi connectivity index (χ0n) is 16.3. The molecule has 3 amide bonds. The highest BCUT2D eigenvalue weighted by Gasteiger charge is 2.50. The fourth-order valence-corrected chi connectivity index (χ4v) is 3.53. The van der Waals surface area contributed by atoms with Crippen molar-refractivity contribution in [1.29, 1.82) is 0 Å². The number of nitrogens with one attached hydrogen (secondary N) is 3. The predicted molar refractivity (Wildman–Crippen MR) is 99.3 cm³/mol. The van der Waals surface area contributed by atoms with E-state index in [1.54, 1.807) is 6.20 Å². The molecule has 0 radical (unpaired) electrons. The number of rotatable bonds is 8. The van der Waals surface area contributed by atoms with E-state index in [-0.39, 0.29) is 37.1 Å². The first-order chi connectivity index (χ1) is 13.5. The van der Waals surface area contributed by atoms with Gasteiger partial charge in [-0.15, -0.1) is 0 Å². The molecule has 3 heterocycles. The van der Waals surface area contributed by atoms with Crippen molar-refractivity contribution in [3.63, 3.8) is 0 Å². The highest BCUT2D eigenvalue weighted by atomic mass is 16.6. The molecule has 10 heteroatoms. The van der Waals surface area contributed by atoms with Gasteiger partial charge in [-0.05, 0) is 6.42 Å². The molecule has 10 nitrogen and oxygen atoms in total. The second-order valence-corrected chi connectivity index (χ2v) is 7.23. The summed E-state index contributed by atoms with van der Waals surface area (Å²) in [6.45, 7) is 3.13.